The molecule has 3 rings (SSSR count). The first-order chi connectivity index (χ1) is 10.1. The molecule has 21 heavy (non-hydrogen) atoms. The van der Waals surface area contributed by atoms with Crippen molar-refractivity contribution in [2.75, 3.05) is 5.73 Å². The van der Waals surface area contributed by atoms with Crippen molar-refractivity contribution in [1.82, 2.24) is 15.1 Å². The maximum absolute atomic E-state index is 13.1. The minimum Gasteiger partial charge on any atom is -0.375 e. The average molecular weight is 308 g/mol. The Morgan fingerprint density at radius 2 is 1.86 bits per heavy atom. The summed E-state index contributed by atoms with van der Waals surface area (Å²) in [6, 6.07) is 3.29. The second-order valence-electron chi connectivity index (χ2n) is 4.41. The van der Waals surface area contributed by atoms with Gasteiger partial charge >= 0.3 is 0 Å². The number of nitrogens with zero attached hydrogens (tertiary/aromatic N) is 3. The number of aromatic nitrogens is 3. The lowest BCUT2D eigenvalue weighted by atomic mass is 10.1. The van der Waals surface area contributed by atoms with Gasteiger partial charge < -0.3 is 10.3 Å². The molecule has 0 saturated carbocycles. The van der Waals surface area contributed by atoms with Crippen molar-refractivity contribution in [2.45, 2.75) is 12.8 Å². The van der Waals surface area contributed by atoms with E-state index in [-0.39, 0.29) is 6.42 Å². The fourth-order valence-corrected chi connectivity index (χ4v) is 2.45. The van der Waals surface area contributed by atoms with Gasteiger partial charge in [0.2, 0.25) is 5.89 Å². The quantitative estimate of drug-likeness (QED) is 0.801. The third-order valence-electron chi connectivity index (χ3n) is 2.70. The number of anilines is 1. The van der Waals surface area contributed by atoms with Crippen LogP contribution < -0.4 is 5.73 Å². The molecule has 0 aliphatic carbocycles. The van der Waals surface area contributed by atoms with Crippen LogP contribution in [0.5, 0.6) is 0 Å². The molecule has 0 fully saturated rings. The van der Waals surface area contributed by atoms with E-state index < -0.39 is 11.6 Å². The number of thiazole rings is 1. The zero-order valence-electron chi connectivity index (χ0n) is 10.7. The van der Waals surface area contributed by atoms with E-state index in [2.05, 4.69) is 15.1 Å². The van der Waals surface area contributed by atoms with Gasteiger partial charge in [0.05, 0.1) is 12.1 Å². The maximum Gasteiger partial charge on any atom is 0.232 e. The second kappa shape index (κ2) is 5.57. The lowest BCUT2D eigenvalue weighted by Crippen LogP contribution is -1.94. The van der Waals surface area contributed by atoms with Gasteiger partial charge in [-0.05, 0) is 17.7 Å². The van der Waals surface area contributed by atoms with Crippen LogP contribution in [0, 0.1) is 11.6 Å². The number of hydrogen-bond acceptors (Lipinski definition) is 6. The summed E-state index contributed by atoms with van der Waals surface area (Å²) in [4.78, 5) is 8.26. The van der Waals surface area contributed by atoms with Crippen molar-refractivity contribution >= 4 is 16.5 Å². The molecular formula is C13H10F2N4OS. The van der Waals surface area contributed by atoms with Crippen LogP contribution in [0.25, 0.3) is 0 Å². The Bertz CT molecular complexity index is 751. The minimum atomic E-state index is -0.633. The number of halogens is 2. The summed E-state index contributed by atoms with van der Waals surface area (Å²) in [6.45, 7) is 0. The van der Waals surface area contributed by atoms with E-state index in [1.165, 1.54) is 23.5 Å². The van der Waals surface area contributed by atoms with Gasteiger partial charge in [-0.2, -0.15) is 4.98 Å². The number of hydrogen-bond donors (Lipinski definition) is 1. The molecular weight excluding hydrogens is 298 g/mol. The number of nitrogen functional groups attached to an aromatic ring is 1. The second-order valence-corrected chi connectivity index (χ2v) is 5.30. The Morgan fingerprint density at radius 3 is 2.52 bits per heavy atom. The van der Waals surface area contributed by atoms with Gasteiger partial charge in [0.25, 0.3) is 0 Å². The predicted molar refractivity (Wildman–Crippen MR) is 72.8 cm³/mol. The fourth-order valence-electron chi connectivity index (χ4n) is 1.89. The third-order valence-corrected chi connectivity index (χ3v) is 3.42. The van der Waals surface area contributed by atoms with E-state index in [1.54, 1.807) is 5.38 Å². The Morgan fingerprint density at radius 1 is 1.10 bits per heavy atom. The minimum absolute atomic E-state index is 0.192. The molecule has 0 spiro atoms. The average Bonchev–Trinajstić information content (AvgIpc) is 2.98. The number of rotatable bonds is 4. The van der Waals surface area contributed by atoms with Crippen molar-refractivity contribution in [3.8, 4) is 0 Å². The molecule has 1 aromatic carbocycles. The van der Waals surface area contributed by atoms with Crippen LogP contribution in [0.4, 0.5) is 13.9 Å². The summed E-state index contributed by atoms with van der Waals surface area (Å²) in [7, 11) is 0. The van der Waals surface area contributed by atoms with Gasteiger partial charge in [-0.15, -0.1) is 11.3 Å². The third kappa shape index (κ3) is 3.40. The van der Waals surface area contributed by atoms with Crippen LogP contribution >= 0.6 is 11.3 Å². The molecule has 0 aliphatic rings. The van der Waals surface area contributed by atoms with Crippen molar-refractivity contribution < 1.29 is 13.3 Å². The van der Waals surface area contributed by atoms with Crippen molar-refractivity contribution in [2.24, 2.45) is 0 Å². The maximum atomic E-state index is 13.1. The van der Waals surface area contributed by atoms with Crippen LogP contribution in [0.15, 0.2) is 28.1 Å². The molecule has 0 atom stereocenters. The molecule has 2 aromatic heterocycles. The standard InChI is InChI=1S/C13H10F2N4OS/c14-8-1-7(2-9(15)4-8)3-11-18-12(20-19-11)5-10-6-21-13(16)17-10/h1-2,4,6H,3,5H2,(H2,16,17). The van der Waals surface area contributed by atoms with E-state index in [0.29, 0.717) is 28.8 Å². The highest BCUT2D eigenvalue weighted by molar-refractivity contribution is 7.13. The molecule has 0 saturated heterocycles. The highest BCUT2D eigenvalue weighted by atomic mass is 32.1. The van der Waals surface area contributed by atoms with E-state index in [0.717, 1.165) is 11.8 Å². The van der Waals surface area contributed by atoms with Gasteiger partial charge in [0.15, 0.2) is 11.0 Å². The molecule has 2 heterocycles. The van der Waals surface area contributed by atoms with Crippen LogP contribution in [-0.2, 0) is 12.8 Å². The molecule has 3 aromatic rings. The largest absolute Gasteiger partial charge is 0.375 e. The van der Waals surface area contributed by atoms with Crippen molar-refractivity contribution in [3.05, 3.63) is 58.2 Å². The Balaban J connectivity index is 1.72. The summed E-state index contributed by atoms with van der Waals surface area (Å²) in [5.41, 5.74) is 6.72. The Kier molecular flexibility index (Phi) is 3.61. The zero-order chi connectivity index (χ0) is 14.8. The molecule has 108 valence electrons. The number of benzene rings is 1. The van der Waals surface area contributed by atoms with Crippen LogP contribution in [0.2, 0.25) is 0 Å². The van der Waals surface area contributed by atoms with Crippen molar-refractivity contribution in [3.63, 3.8) is 0 Å². The van der Waals surface area contributed by atoms with Gasteiger partial charge in [-0.1, -0.05) is 5.16 Å². The lowest BCUT2D eigenvalue weighted by molar-refractivity contribution is 0.379. The van der Waals surface area contributed by atoms with Crippen molar-refractivity contribution in [1.29, 1.82) is 0 Å². The van der Waals surface area contributed by atoms with Gasteiger partial charge in [-0.25, -0.2) is 13.8 Å². The molecule has 0 radical (unpaired) electrons. The first kappa shape index (κ1) is 13.6. The molecule has 0 unspecified atom stereocenters. The van der Waals surface area contributed by atoms with Gasteiger partial charge in [0, 0.05) is 17.9 Å². The molecule has 0 aliphatic heterocycles. The Hall–Kier alpha value is -2.35. The van der Waals surface area contributed by atoms with Crippen LogP contribution in [-0.4, -0.2) is 15.1 Å². The summed E-state index contributed by atoms with van der Waals surface area (Å²) in [6.07, 6.45) is 0.565. The molecule has 8 heteroatoms. The first-order valence-electron chi connectivity index (χ1n) is 6.05. The van der Waals surface area contributed by atoms with E-state index in [4.69, 9.17) is 10.3 Å². The highest BCUT2D eigenvalue weighted by Crippen LogP contribution is 2.15. The fraction of sp³-hybridized carbons (Fsp3) is 0.154. The molecule has 2 N–H and O–H groups in total. The Labute approximate surface area is 122 Å². The zero-order valence-corrected chi connectivity index (χ0v) is 11.5. The summed E-state index contributed by atoms with van der Waals surface area (Å²) < 4.78 is 31.3. The molecule has 0 amide bonds. The topological polar surface area (TPSA) is 77.8 Å². The smallest absolute Gasteiger partial charge is 0.232 e. The summed E-state index contributed by atoms with van der Waals surface area (Å²) >= 11 is 1.33. The predicted octanol–water partition coefficient (Wildman–Crippen LogP) is 2.57. The van der Waals surface area contributed by atoms with E-state index in [1.807, 2.05) is 0 Å². The lowest BCUT2D eigenvalue weighted by Gasteiger charge is -1.97. The summed E-state index contributed by atoms with van der Waals surface area (Å²) in [5.74, 6) is -0.524. The van der Waals surface area contributed by atoms with Gasteiger partial charge in [-0.3, -0.25) is 0 Å². The monoisotopic (exact) mass is 308 g/mol. The molecule has 0 bridgehead atoms. The summed E-state index contributed by atoms with van der Waals surface area (Å²) in [5, 5.41) is 6.07. The number of nitrogens with two attached hydrogens (primary N) is 1. The van der Waals surface area contributed by atoms with Crippen LogP contribution in [0.1, 0.15) is 23.0 Å². The molecule has 5 nitrogen and oxygen atoms in total. The first-order valence-corrected chi connectivity index (χ1v) is 6.93. The van der Waals surface area contributed by atoms with E-state index >= 15 is 0 Å². The normalized spacial score (nSPS) is 11.0. The highest BCUT2D eigenvalue weighted by Gasteiger charge is 2.11. The van der Waals surface area contributed by atoms with Gasteiger partial charge in [0.1, 0.15) is 11.6 Å². The van der Waals surface area contributed by atoms with Crippen LogP contribution in [0.3, 0.4) is 0 Å². The SMILES string of the molecule is Nc1nc(Cc2nc(Cc3cc(F)cc(F)c3)no2)cs1. The van der Waals surface area contributed by atoms with E-state index in [9.17, 15) is 8.78 Å².